The Labute approximate surface area is 240 Å². The molecule has 9 nitrogen and oxygen atoms in total. The van der Waals surface area contributed by atoms with Crippen LogP contribution >= 0.6 is 0 Å². The van der Waals surface area contributed by atoms with E-state index < -0.39 is 21.7 Å². The maximum atomic E-state index is 11.6. The predicted molar refractivity (Wildman–Crippen MR) is 163 cm³/mol. The SMILES string of the molecule is CCOc1c(N[C@H](CC)c2ccccc2)c(=O)c1=O.CCOc1c(OCC)c(=O)c1=O.CC[C@@H](N)c1ccccc1. The molecule has 9 heteroatoms. The van der Waals surface area contributed by atoms with Gasteiger partial charge in [0.05, 0.1) is 25.9 Å². The van der Waals surface area contributed by atoms with Crippen molar-refractivity contribution < 1.29 is 14.2 Å². The minimum absolute atomic E-state index is 0.00343. The number of hydrogen-bond donors (Lipinski definition) is 2. The lowest BCUT2D eigenvalue weighted by Gasteiger charge is -2.21. The van der Waals surface area contributed by atoms with E-state index in [1.165, 1.54) is 5.56 Å². The number of anilines is 1. The zero-order valence-corrected chi connectivity index (χ0v) is 24.4. The highest BCUT2D eigenvalue weighted by Gasteiger charge is 2.25. The summed E-state index contributed by atoms with van der Waals surface area (Å²) in [5, 5.41) is 3.12. The van der Waals surface area contributed by atoms with Gasteiger partial charge < -0.3 is 25.3 Å². The Kier molecular flexibility index (Phi) is 13.5. The van der Waals surface area contributed by atoms with Crippen LogP contribution in [0.25, 0.3) is 0 Å². The number of ether oxygens (including phenoxy) is 3. The molecule has 0 unspecified atom stereocenters. The van der Waals surface area contributed by atoms with Gasteiger partial charge in [-0.15, -0.1) is 0 Å². The van der Waals surface area contributed by atoms with Gasteiger partial charge in [0.25, 0.3) is 21.7 Å². The Morgan fingerprint density at radius 1 is 0.585 bits per heavy atom. The largest absolute Gasteiger partial charge is 0.488 e. The van der Waals surface area contributed by atoms with E-state index in [1.807, 2.05) is 55.5 Å². The van der Waals surface area contributed by atoms with Crippen molar-refractivity contribution in [3.63, 3.8) is 0 Å². The third-order valence-corrected chi connectivity index (χ3v) is 6.15. The first-order chi connectivity index (χ1) is 19.7. The molecule has 41 heavy (non-hydrogen) atoms. The highest BCUT2D eigenvalue weighted by molar-refractivity contribution is 5.62. The summed E-state index contributed by atoms with van der Waals surface area (Å²) in [6, 6.07) is 20.2. The van der Waals surface area contributed by atoms with Gasteiger partial charge in [0.15, 0.2) is 5.75 Å². The average Bonchev–Trinajstić information content (AvgIpc) is 3.03. The van der Waals surface area contributed by atoms with Crippen LogP contribution in [0.2, 0.25) is 0 Å². The zero-order chi connectivity index (χ0) is 30.4. The third kappa shape index (κ3) is 8.62. The number of rotatable bonds is 12. The lowest BCUT2D eigenvalue weighted by molar-refractivity contribution is 0.274. The van der Waals surface area contributed by atoms with Crippen molar-refractivity contribution in [2.75, 3.05) is 25.1 Å². The molecule has 0 aliphatic heterocycles. The van der Waals surface area contributed by atoms with Gasteiger partial charge in [-0.05, 0) is 44.7 Å². The summed E-state index contributed by atoms with van der Waals surface area (Å²) in [5.74, 6) is 0.315. The Balaban J connectivity index is 0.000000230. The van der Waals surface area contributed by atoms with Crippen LogP contribution in [0, 0.1) is 0 Å². The first-order valence-corrected chi connectivity index (χ1v) is 13.9. The normalized spacial score (nSPS) is 11.9. The molecule has 4 rings (SSSR count). The highest BCUT2D eigenvalue weighted by atomic mass is 16.5. The van der Waals surface area contributed by atoms with Gasteiger partial charge >= 0.3 is 0 Å². The van der Waals surface area contributed by atoms with E-state index >= 15 is 0 Å². The molecule has 0 spiro atoms. The molecule has 0 aliphatic rings. The van der Waals surface area contributed by atoms with Crippen LogP contribution in [-0.2, 0) is 0 Å². The zero-order valence-electron chi connectivity index (χ0n) is 24.4. The fourth-order valence-corrected chi connectivity index (χ4v) is 3.90. The van der Waals surface area contributed by atoms with Crippen molar-refractivity contribution in [1.82, 2.24) is 0 Å². The van der Waals surface area contributed by atoms with E-state index in [4.69, 9.17) is 19.9 Å². The molecule has 220 valence electrons. The minimum atomic E-state index is -0.583. The summed E-state index contributed by atoms with van der Waals surface area (Å²) >= 11 is 0. The lowest BCUT2D eigenvalue weighted by Crippen LogP contribution is -2.36. The van der Waals surface area contributed by atoms with Gasteiger partial charge in [0, 0.05) is 6.04 Å². The van der Waals surface area contributed by atoms with Gasteiger partial charge in [-0.25, -0.2) is 0 Å². The molecule has 3 N–H and O–H groups in total. The van der Waals surface area contributed by atoms with Gasteiger partial charge in [0.1, 0.15) is 5.69 Å². The fraction of sp³-hybridized carbons (Fsp3) is 0.375. The summed E-state index contributed by atoms with van der Waals surface area (Å²) in [7, 11) is 0. The van der Waals surface area contributed by atoms with E-state index in [1.54, 1.807) is 20.8 Å². The average molecular weight is 565 g/mol. The standard InChI is InChI=1S/C15H17NO3.C9H13N.C8H10O4/c1-3-11(10-8-6-5-7-9-10)16-12-13(17)14(18)15(12)19-4-2;1-2-9(10)8-6-4-3-5-7-8;1-3-11-7-5(9)6(10)8(7)12-4-2/h5-9,11,16H,3-4H2,1-2H3;3-7,9H,2,10H2,1H3;3-4H2,1-2H3/t11-;9-;/m11./s1. The molecule has 0 saturated heterocycles. The molecule has 0 radical (unpaired) electrons. The van der Waals surface area contributed by atoms with Crippen molar-refractivity contribution >= 4 is 5.69 Å². The van der Waals surface area contributed by atoms with Crippen molar-refractivity contribution in [2.45, 2.75) is 59.5 Å². The number of hydrogen-bond acceptors (Lipinski definition) is 9. The maximum absolute atomic E-state index is 11.6. The molecular formula is C32H40N2O7. The van der Waals surface area contributed by atoms with Gasteiger partial charge in [-0.1, -0.05) is 74.5 Å². The molecule has 0 bridgehead atoms. The van der Waals surface area contributed by atoms with Crippen molar-refractivity contribution in [1.29, 1.82) is 0 Å². The summed E-state index contributed by atoms with van der Waals surface area (Å²) in [5.41, 5.74) is 6.22. The number of benzene rings is 2. The summed E-state index contributed by atoms with van der Waals surface area (Å²) in [6.45, 7) is 10.5. The Morgan fingerprint density at radius 3 is 1.41 bits per heavy atom. The van der Waals surface area contributed by atoms with E-state index in [-0.39, 0.29) is 29.3 Å². The van der Waals surface area contributed by atoms with Gasteiger partial charge in [-0.2, -0.15) is 0 Å². The third-order valence-electron chi connectivity index (χ3n) is 6.15. The van der Waals surface area contributed by atoms with E-state index in [9.17, 15) is 19.2 Å². The van der Waals surface area contributed by atoms with Gasteiger partial charge in [0.2, 0.25) is 11.5 Å². The van der Waals surface area contributed by atoms with E-state index in [0.717, 1.165) is 18.4 Å². The number of nitrogens with two attached hydrogens (primary N) is 1. The van der Waals surface area contributed by atoms with Crippen LogP contribution < -0.4 is 47.0 Å². The minimum Gasteiger partial charge on any atom is -0.488 e. The summed E-state index contributed by atoms with van der Waals surface area (Å²) in [6.07, 6.45) is 1.82. The smallest absolute Gasteiger partial charge is 0.275 e. The molecule has 0 aliphatic carbocycles. The fourth-order valence-electron chi connectivity index (χ4n) is 3.90. The van der Waals surface area contributed by atoms with Crippen LogP contribution in [0.3, 0.4) is 0 Å². The highest BCUT2D eigenvalue weighted by Crippen LogP contribution is 2.26. The van der Waals surface area contributed by atoms with Crippen LogP contribution in [0.15, 0.2) is 79.8 Å². The van der Waals surface area contributed by atoms with Crippen molar-refractivity contribution in [2.24, 2.45) is 5.73 Å². The molecule has 4 aromatic carbocycles. The second-order valence-corrected chi connectivity index (χ2v) is 8.92. The molecule has 4 aromatic rings. The van der Waals surface area contributed by atoms with Crippen LogP contribution in [-0.4, -0.2) is 19.8 Å². The Morgan fingerprint density at radius 2 is 1.00 bits per heavy atom. The quantitative estimate of drug-likeness (QED) is 0.240. The first-order valence-electron chi connectivity index (χ1n) is 13.9. The van der Waals surface area contributed by atoms with Crippen LogP contribution in [0.4, 0.5) is 5.69 Å². The molecule has 0 fully saturated rings. The van der Waals surface area contributed by atoms with Crippen LogP contribution in [0.5, 0.6) is 17.2 Å². The Hall–Kier alpha value is -4.24. The van der Waals surface area contributed by atoms with Gasteiger partial charge in [-0.3, -0.25) is 19.2 Å². The van der Waals surface area contributed by atoms with Crippen molar-refractivity contribution in [3.8, 4) is 17.2 Å². The second kappa shape index (κ2) is 16.8. The van der Waals surface area contributed by atoms with Crippen molar-refractivity contribution in [3.05, 3.63) is 113 Å². The molecular weight excluding hydrogens is 524 g/mol. The molecule has 2 atom stereocenters. The predicted octanol–water partition coefficient (Wildman–Crippen LogP) is 4.42. The summed E-state index contributed by atoms with van der Waals surface area (Å²) < 4.78 is 15.0. The Bertz CT molecular complexity index is 1430. The first kappa shape index (κ1) is 33.0. The molecule has 0 amide bonds. The monoisotopic (exact) mass is 564 g/mol. The van der Waals surface area contributed by atoms with E-state index in [0.29, 0.717) is 25.5 Å². The summed E-state index contributed by atoms with van der Waals surface area (Å²) in [4.78, 5) is 44.6. The molecule has 0 saturated carbocycles. The topological polar surface area (TPSA) is 134 Å². The number of nitrogens with one attached hydrogen (secondary N) is 1. The lowest BCUT2D eigenvalue weighted by atomic mass is 10.0. The molecule has 0 aromatic heterocycles. The van der Waals surface area contributed by atoms with E-state index in [2.05, 4.69) is 24.4 Å². The molecule has 0 heterocycles. The maximum Gasteiger partial charge on any atom is 0.275 e. The second-order valence-electron chi connectivity index (χ2n) is 8.92. The van der Waals surface area contributed by atoms with Crippen LogP contribution in [0.1, 0.15) is 70.7 Å².